The second-order valence-corrected chi connectivity index (χ2v) is 8.86. The number of phosphoric acid groups is 1. The fourth-order valence-electron chi connectivity index (χ4n) is 2.90. The molecule has 0 aromatic heterocycles. The first-order chi connectivity index (χ1) is 14.3. The zero-order chi connectivity index (χ0) is 22.7. The van der Waals surface area contributed by atoms with E-state index in [-0.39, 0.29) is 19.4 Å². The second kappa shape index (κ2) is 18.8. The molecule has 8 nitrogen and oxygen atoms in total. The van der Waals surface area contributed by atoms with Crippen LogP contribution >= 0.6 is 7.82 Å². The van der Waals surface area contributed by atoms with Crippen LogP contribution in [-0.2, 0) is 28.2 Å². The van der Waals surface area contributed by atoms with Crippen molar-refractivity contribution in [1.82, 2.24) is 0 Å². The summed E-state index contributed by atoms with van der Waals surface area (Å²) < 4.78 is 25.7. The lowest BCUT2D eigenvalue weighted by molar-refractivity contribution is -0.161. The Bertz CT molecular complexity index is 491. The predicted octanol–water partition coefficient (Wildman–Crippen LogP) is 5.05. The van der Waals surface area contributed by atoms with Crippen LogP contribution in [0.15, 0.2) is 0 Å². The molecular weight excluding hydrogens is 411 g/mol. The Hall–Kier alpha value is -0.950. The first-order valence-corrected chi connectivity index (χ1v) is 12.9. The minimum atomic E-state index is -4.71. The van der Waals surface area contributed by atoms with Crippen molar-refractivity contribution in [2.75, 3.05) is 13.2 Å². The van der Waals surface area contributed by atoms with Gasteiger partial charge in [0.2, 0.25) is 0 Å². The van der Waals surface area contributed by atoms with Gasteiger partial charge in [0.15, 0.2) is 6.10 Å². The summed E-state index contributed by atoms with van der Waals surface area (Å²) in [5.41, 5.74) is 0. The van der Waals surface area contributed by atoms with E-state index >= 15 is 0 Å². The monoisotopic (exact) mass is 452 g/mol. The normalized spacial score (nSPS) is 12.5. The summed E-state index contributed by atoms with van der Waals surface area (Å²) in [5, 5.41) is 0. The molecule has 0 amide bonds. The highest BCUT2D eigenvalue weighted by atomic mass is 31.2. The van der Waals surface area contributed by atoms with Crippen LogP contribution in [0.25, 0.3) is 0 Å². The minimum absolute atomic E-state index is 0.214. The topological polar surface area (TPSA) is 119 Å². The zero-order valence-corrected chi connectivity index (χ0v) is 19.6. The highest BCUT2D eigenvalue weighted by Crippen LogP contribution is 2.35. The molecule has 0 radical (unpaired) electrons. The van der Waals surface area contributed by atoms with Crippen molar-refractivity contribution < 1.29 is 37.9 Å². The molecule has 0 bridgehead atoms. The number of carbonyl (C=O) groups is 2. The molecule has 0 fully saturated rings. The second-order valence-electron chi connectivity index (χ2n) is 7.62. The third-order valence-electron chi connectivity index (χ3n) is 4.63. The SMILES string of the molecule is CCCCCCCCCC(=O)OC(COC(=O)CCCCCCC)COP(=O)(O)O. The van der Waals surface area contributed by atoms with E-state index in [1.807, 2.05) is 0 Å². The molecule has 9 heteroatoms. The van der Waals surface area contributed by atoms with Crippen LogP contribution in [0.2, 0.25) is 0 Å². The van der Waals surface area contributed by atoms with E-state index in [2.05, 4.69) is 18.4 Å². The molecular formula is C21H41O8P. The molecule has 0 aliphatic heterocycles. The van der Waals surface area contributed by atoms with Gasteiger partial charge in [-0.05, 0) is 12.8 Å². The van der Waals surface area contributed by atoms with Gasteiger partial charge < -0.3 is 19.3 Å². The van der Waals surface area contributed by atoms with Crippen LogP contribution in [0.4, 0.5) is 0 Å². The molecule has 0 rings (SSSR count). The molecule has 30 heavy (non-hydrogen) atoms. The number of hydrogen-bond donors (Lipinski definition) is 2. The first kappa shape index (κ1) is 29.1. The van der Waals surface area contributed by atoms with E-state index in [4.69, 9.17) is 19.3 Å². The summed E-state index contributed by atoms with van der Waals surface area (Å²) in [6.45, 7) is 3.46. The number of carbonyl (C=O) groups excluding carboxylic acids is 2. The maximum Gasteiger partial charge on any atom is 0.469 e. The van der Waals surface area contributed by atoms with Crippen molar-refractivity contribution in [2.45, 2.75) is 110 Å². The van der Waals surface area contributed by atoms with E-state index in [0.717, 1.165) is 51.4 Å². The standard InChI is InChI=1S/C21H41O8P/c1-3-5-7-9-10-12-14-16-21(23)29-19(18-28-30(24,25)26)17-27-20(22)15-13-11-8-6-4-2/h19H,3-18H2,1-2H3,(H2,24,25,26). The third-order valence-corrected chi connectivity index (χ3v) is 5.11. The fourth-order valence-corrected chi connectivity index (χ4v) is 3.26. The molecule has 0 spiro atoms. The lowest BCUT2D eigenvalue weighted by Crippen LogP contribution is -2.29. The molecule has 1 atom stereocenters. The average molecular weight is 453 g/mol. The van der Waals surface area contributed by atoms with E-state index < -0.39 is 32.5 Å². The van der Waals surface area contributed by atoms with Crippen LogP contribution in [0.5, 0.6) is 0 Å². The highest BCUT2D eigenvalue weighted by molar-refractivity contribution is 7.46. The number of phosphoric ester groups is 1. The quantitative estimate of drug-likeness (QED) is 0.150. The molecule has 1 unspecified atom stereocenters. The van der Waals surface area contributed by atoms with Gasteiger partial charge >= 0.3 is 19.8 Å². The Kier molecular flexibility index (Phi) is 18.2. The molecule has 178 valence electrons. The molecule has 0 aliphatic rings. The highest BCUT2D eigenvalue weighted by Gasteiger charge is 2.22. The molecule has 0 saturated carbocycles. The first-order valence-electron chi connectivity index (χ1n) is 11.3. The zero-order valence-electron chi connectivity index (χ0n) is 18.7. The van der Waals surface area contributed by atoms with Gasteiger partial charge in [-0.2, -0.15) is 0 Å². The molecule has 0 aromatic rings. The molecule has 0 aromatic carbocycles. The summed E-state index contributed by atoms with van der Waals surface area (Å²) in [4.78, 5) is 41.6. The van der Waals surface area contributed by atoms with Crippen LogP contribution < -0.4 is 0 Å². The van der Waals surface area contributed by atoms with Crippen molar-refractivity contribution in [3.63, 3.8) is 0 Å². The lowest BCUT2D eigenvalue weighted by Gasteiger charge is -2.18. The van der Waals surface area contributed by atoms with E-state index in [0.29, 0.717) is 6.42 Å². The van der Waals surface area contributed by atoms with E-state index in [1.54, 1.807) is 0 Å². The Morgan fingerprint density at radius 3 is 1.70 bits per heavy atom. The summed E-state index contributed by atoms with van der Waals surface area (Å²) in [7, 11) is -4.71. The van der Waals surface area contributed by atoms with Gasteiger partial charge in [0.1, 0.15) is 6.61 Å². The van der Waals surface area contributed by atoms with Crippen LogP contribution in [0.1, 0.15) is 104 Å². The van der Waals surface area contributed by atoms with E-state index in [9.17, 15) is 14.2 Å². The Morgan fingerprint density at radius 2 is 1.20 bits per heavy atom. The van der Waals surface area contributed by atoms with Gasteiger partial charge in [-0.3, -0.25) is 14.1 Å². The Labute approximate surface area is 181 Å². The number of hydrogen-bond acceptors (Lipinski definition) is 6. The van der Waals surface area contributed by atoms with Gasteiger partial charge in [-0.1, -0.05) is 78.1 Å². The smallest absolute Gasteiger partial charge is 0.462 e. The third kappa shape index (κ3) is 20.3. The summed E-state index contributed by atoms with van der Waals surface area (Å²) in [5.74, 6) is -0.908. The summed E-state index contributed by atoms with van der Waals surface area (Å²) in [6.07, 6.45) is 11.9. The molecule has 0 aliphatic carbocycles. The molecule has 0 heterocycles. The predicted molar refractivity (Wildman–Crippen MR) is 115 cm³/mol. The number of ether oxygens (including phenoxy) is 2. The van der Waals surface area contributed by atoms with Crippen molar-refractivity contribution in [3.05, 3.63) is 0 Å². The van der Waals surface area contributed by atoms with Gasteiger partial charge in [-0.15, -0.1) is 0 Å². The van der Waals surface area contributed by atoms with Crippen molar-refractivity contribution >= 4 is 19.8 Å². The van der Waals surface area contributed by atoms with Gasteiger partial charge in [0.05, 0.1) is 6.61 Å². The largest absolute Gasteiger partial charge is 0.469 e. The maximum atomic E-state index is 12.0. The lowest BCUT2D eigenvalue weighted by atomic mass is 10.1. The van der Waals surface area contributed by atoms with Gasteiger partial charge in [-0.25, -0.2) is 4.57 Å². The number of rotatable bonds is 20. The fraction of sp³-hybridized carbons (Fsp3) is 0.905. The van der Waals surface area contributed by atoms with Gasteiger partial charge in [0, 0.05) is 12.8 Å². The Morgan fingerprint density at radius 1 is 0.733 bits per heavy atom. The summed E-state index contributed by atoms with van der Waals surface area (Å²) >= 11 is 0. The Balaban J connectivity index is 4.21. The number of unbranched alkanes of at least 4 members (excludes halogenated alkanes) is 10. The van der Waals surface area contributed by atoms with E-state index in [1.165, 1.54) is 19.3 Å². The van der Waals surface area contributed by atoms with Crippen molar-refractivity contribution in [2.24, 2.45) is 0 Å². The molecule has 2 N–H and O–H groups in total. The maximum absolute atomic E-state index is 12.0. The van der Waals surface area contributed by atoms with Crippen molar-refractivity contribution in [1.29, 1.82) is 0 Å². The van der Waals surface area contributed by atoms with Crippen molar-refractivity contribution in [3.8, 4) is 0 Å². The van der Waals surface area contributed by atoms with Crippen LogP contribution in [0, 0.1) is 0 Å². The average Bonchev–Trinajstić information content (AvgIpc) is 2.68. The van der Waals surface area contributed by atoms with Crippen LogP contribution in [0.3, 0.4) is 0 Å². The van der Waals surface area contributed by atoms with Crippen LogP contribution in [-0.4, -0.2) is 41.0 Å². The summed E-state index contributed by atoms with van der Waals surface area (Å²) in [6, 6.07) is 0. The molecule has 0 saturated heterocycles. The number of esters is 2. The minimum Gasteiger partial charge on any atom is -0.462 e. The van der Waals surface area contributed by atoms with Gasteiger partial charge in [0.25, 0.3) is 0 Å².